The van der Waals surface area contributed by atoms with Gasteiger partial charge in [-0.3, -0.25) is 4.68 Å². The van der Waals surface area contributed by atoms with Crippen molar-refractivity contribution in [1.29, 1.82) is 0 Å². The van der Waals surface area contributed by atoms with E-state index in [0.717, 1.165) is 12.1 Å². The Balaban J connectivity index is 2.79. The molecule has 1 heterocycles. The number of carbonyl (C=O) groups excluding carboxylic acids is 1. The van der Waals surface area contributed by atoms with Crippen LogP contribution in [0.4, 0.5) is 8.78 Å². The summed E-state index contributed by atoms with van der Waals surface area (Å²) in [6, 6.07) is 1.88. The average molecular weight is 226 g/mol. The van der Waals surface area contributed by atoms with Crippen LogP contribution in [0.25, 0.3) is 10.9 Å². The van der Waals surface area contributed by atoms with Crippen molar-refractivity contribution in [3.05, 3.63) is 29.5 Å². The van der Waals surface area contributed by atoms with Gasteiger partial charge in [0.1, 0.15) is 0 Å². The quantitative estimate of drug-likeness (QED) is 0.694. The number of hydrogen-bond acceptors (Lipinski definition) is 3. The van der Waals surface area contributed by atoms with Crippen molar-refractivity contribution in [2.24, 2.45) is 7.05 Å². The Morgan fingerprint density at radius 1 is 1.38 bits per heavy atom. The first kappa shape index (κ1) is 10.5. The van der Waals surface area contributed by atoms with Crippen LogP contribution in [-0.4, -0.2) is 22.9 Å². The number of aromatic nitrogens is 2. The van der Waals surface area contributed by atoms with Gasteiger partial charge in [-0.25, -0.2) is 13.6 Å². The second-order valence-electron chi connectivity index (χ2n) is 3.25. The number of fused-ring (bicyclic) bond motifs is 1. The van der Waals surface area contributed by atoms with E-state index in [9.17, 15) is 13.6 Å². The molecule has 0 aliphatic heterocycles. The zero-order chi connectivity index (χ0) is 11.9. The lowest BCUT2D eigenvalue weighted by Crippen LogP contribution is -2.08. The summed E-state index contributed by atoms with van der Waals surface area (Å²) in [5.74, 6) is -2.66. The van der Waals surface area contributed by atoms with Crippen LogP contribution >= 0.6 is 0 Å². The van der Waals surface area contributed by atoms with Crippen molar-refractivity contribution in [2.75, 3.05) is 7.11 Å². The summed E-state index contributed by atoms with van der Waals surface area (Å²) in [6.07, 6.45) is 0. The minimum absolute atomic E-state index is 0.0939. The van der Waals surface area contributed by atoms with Gasteiger partial charge in [0.15, 0.2) is 17.3 Å². The lowest BCUT2D eigenvalue weighted by Gasteiger charge is -1.99. The van der Waals surface area contributed by atoms with Gasteiger partial charge in [0.05, 0.1) is 12.6 Å². The highest BCUT2D eigenvalue weighted by Gasteiger charge is 2.19. The van der Waals surface area contributed by atoms with Gasteiger partial charge in [-0.2, -0.15) is 5.10 Å². The van der Waals surface area contributed by atoms with Gasteiger partial charge >= 0.3 is 5.97 Å². The molecule has 0 saturated heterocycles. The van der Waals surface area contributed by atoms with Crippen LogP contribution < -0.4 is 0 Å². The zero-order valence-corrected chi connectivity index (χ0v) is 8.62. The van der Waals surface area contributed by atoms with Crippen LogP contribution in [0.15, 0.2) is 12.1 Å². The fourth-order valence-electron chi connectivity index (χ4n) is 1.53. The molecule has 0 N–H and O–H groups in total. The molecular weight excluding hydrogens is 218 g/mol. The van der Waals surface area contributed by atoms with Gasteiger partial charge in [-0.15, -0.1) is 0 Å². The molecule has 2 rings (SSSR count). The standard InChI is InChI=1S/C10H8F2N2O2/c1-14-9(10(15)16-2)5-3-6(11)7(12)4-8(5)13-14/h3-4H,1-2H3. The average Bonchev–Trinajstić information content (AvgIpc) is 2.54. The fraction of sp³-hybridized carbons (Fsp3) is 0.200. The molecule has 1 aromatic heterocycles. The van der Waals surface area contributed by atoms with Gasteiger partial charge in [0.25, 0.3) is 0 Å². The number of ether oxygens (including phenoxy) is 1. The smallest absolute Gasteiger partial charge is 0.356 e. The highest BCUT2D eigenvalue weighted by atomic mass is 19.2. The van der Waals surface area contributed by atoms with Gasteiger partial charge in [0, 0.05) is 18.5 Å². The molecule has 0 aliphatic carbocycles. The molecule has 0 saturated carbocycles. The number of benzene rings is 1. The van der Waals surface area contributed by atoms with Crippen molar-refractivity contribution >= 4 is 16.9 Å². The number of methoxy groups -OCH3 is 1. The first-order valence-electron chi connectivity index (χ1n) is 4.44. The van der Waals surface area contributed by atoms with E-state index in [1.807, 2.05) is 0 Å². The van der Waals surface area contributed by atoms with E-state index in [-0.39, 0.29) is 16.6 Å². The maximum Gasteiger partial charge on any atom is 0.356 e. The van der Waals surface area contributed by atoms with Gasteiger partial charge in [-0.1, -0.05) is 0 Å². The Morgan fingerprint density at radius 3 is 2.62 bits per heavy atom. The van der Waals surface area contributed by atoms with Gasteiger partial charge in [0.2, 0.25) is 0 Å². The minimum Gasteiger partial charge on any atom is -0.464 e. The van der Waals surface area contributed by atoms with Crippen molar-refractivity contribution in [1.82, 2.24) is 9.78 Å². The van der Waals surface area contributed by atoms with Crippen LogP contribution in [-0.2, 0) is 11.8 Å². The summed E-state index contributed by atoms with van der Waals surface area (Å²) in [4.78, 5) is 11.4. The maximum atomic E-state index is 13.0. The van der Waals surface area contributed by atoms with E-state index in [4.69, 9.17) is 0 Å². The number of rotatable bonds is 1. The zero-order valence-electron chi connectivity index (χ0n) is 8.62. The second kappa shape index (κ2) is 3.55. The van der Waals surface area contributed by atoms with Crippen molar-refractivity contribution in [3.63, 3.8) is 0 Å². The molecular formula is C10H8F2N2O2. The topological polar surface area (TPSA) is 44.1 Å². The summed E-state index contributed by atoms with van der Waals surface area (Å²) in [5.41, 5.74) is 0.304. The number of aryl methyl sites for hydroxylation is 1. The lowest BCUT2D eigenvalue weighted by atomic mass is 10.2. The van der Waals surface area contributed by atoms with Crippen LogP contribution in [0, 0.1) is 11.6 Å². The number of hydrogen-bond donors (Lipinski definition) is 0. The first-order chi connectivity index (χ1) is 7.54. The normalized spacial score (nSPS) is 10.8. The predicted molar refractivity (Wildman–Crippen MR) is 52.0 cm³/mol. The fourth-order valence-corrected chi connectivity index (χ4v) is 1.53. The molecule has 4 nitrogen and oxygen atoms in total. The molecule has 2 aromatic rings. The molecule has 6 heteroatoms. The Kier molecular flexibility index (Phi) is 2.34. The highest BCUT2D eigenvalue weighted by Crippen LogP contribution is 2.21. The molecule has 0 bridgehead atoms. The Bertz CT molecular complexity index is 578. The van der Waals surface area contributed by atoms with Crippen molar-refractivity contribution in [3.8, 4) is 0 Å². The largest absolute Gasteiger partial charge is 0.464 e. The maximum absolute atomic E-state index is 13.0. The summed E-state index contributed by atoms with van der Waals surface area (Å²) in [7, 11) is 2.71. The summed E-state index contributed by atoms with van der Waals surface area (Å²) in [5, 5.41) is 4.12. The van der Waals surface area contributed by atoms with Crippen LogP contribution in [0.5, 0.6) is 0 Å². The third kappa shape index (κ3) is 1.42. The van der Waals surface area contributed by atoms with Crippen LogP contribution in [0.3, 0.4) is 0 Å². The molecule has 0 amide bonds. The third-order valence-corrected chi connectivity index (χ3v) is 2.25. The summed E-state index contributed by atoms with van der Waals surface area (Å²) < 4.78 is 31.7. The minimum atomic E-state index is -1.02. The lowest BCUT2D eigenvalue weighted by molar-refractivity contribution is 0.0590. The molecule has 0 spiro atoms. The van der Waals surface area contributed by atoms with E-state index in [1.54, 1.807) is 0 Å². The van der Waals surface area contributed by atoms with Crippen molar-refractivity contribution in [2.45, 2.75) is 0 Å². The number of carbonyl (C=O) groups is 1. The third-order valence-electron chi connectivity index (χ3n) is 2.25. The van der Waals surface area contributed by atoms with Crippen LogP contribution in [0.2, 0.25) is 0 Å². The Labute approximate surface area is 89.4 Å². The van der Waals surface area contributed by atoms with Gasteiger partial charge in [-0.05, 0) is 6.07 Å². The van der Waals surface area contributed by atoms with E-state index in [1.165, 1.54) is 18.8 Å². The SMILES string of the molecule is COC(=O)c1c2cc(F)c(F)cc2nn1C. The summed E-state index contributed by atoms with van der Waals surface area (Å²) in [6.45, 7) is 0. The van der Waals surface area contributed by atoms with Crippen LogP contribution in [0.1, 0.15) is 10.5 Å². The second-order valence-corrected chi connectivity index (χ2v) is 3.25. The molecule has 0 aliphatic rings. The van der Waals surface area contributed by atoms with E-state index >= 15 is 0 Å². The van der Waals surface area contributed by atoms with E-state index < -0.39 is 17.6 Å². The molecule has 0 radical (unpaired) electrons. The first-order valence-corrected chi connectivity index (χ1v) is 4.44. The van der Waals surface area contributed by atoms with Crippen molar-refractivity contribution < 1.29 is 18.3 Å². The predicted octanol–water partition coefficient (Wildman–Crippen LogP) is 1.64. The molecule has 1 aromatic carbocycles. The molecule has 16 heavy (non-hydrogen) atoms. The molecule has 84 valence electrons. The van der Waals surface area contributed by atoms with E-state index in [2.05, 4.69) is 9.84 Å². The summed E-state index contributed by atoms with van der Waals surface area (Å²) >= 11 is 0. The number of esters is 1. The monoisotopic (exact) mass is 226 g/mol. The Hall–Kier alpha value is -1.98. The molecule has 0 atom stereocenters. The van der Waals surface area contributed by atoms with E-state index in [0.29, 0.717) is 0 Å². The number of nitrogens with zero attached hydrogens (tertiary/aromatic N) is 2. The molecule has 0 fully saturated rings. The number of halogens is 2. The van der Waals surface area contributed by atoms with Gasteiger partial charge < -0.3 is 4.74 Å². The Morgan fingerprint density at radius 2 is 2.00 bits per heavy atom. The molecule has 0 unspecified atom stereocenters. The highest BCUT2D eigenvalue weighted by molar-refractivity contribution is 6.02.